The molecule has 23 heavy (non-hydrogen) atoms. The molecule has 128 valence electrons. The van der Waals surface area contributed by atoms with Crippen molar-refractivity contribution in [2.24, 2.45) is 0 Å². The summed E-state index contributed by atoms with van der Waals surface area (Å²) < 4.78 is 24.3. The zero-order valence-corrected chi connectivity index (χ0v) is 14.6. The second-order valence-corrected chi connectivity index (χ2v) is 7.57. The van der Waals surface area contributed by atoms with Crippen molar-refractivity contribution in [3.8, 4) is 0 Å². The van der Waals surface area contributed by atoms with Gasteiger partial charge in [0.1, 0.15) is 6.04 Å². The molecule has 2 amide bonds. The quantitative estimate of drug-likeness (QED) is 0.743. The maximum atomic E-state index is 12.1. The Labute approximate surface area is 137 Å². The van der Waals surface area contributed by atoms with Crippen molar-refractivity contribution >= 4 is 21.7 Å². The third kappa shape index (κ3) is 6.40. The highest BCUT2D eigenvalue weighted by Crippen LogP contribution is 2.13. The Kier molecular flexibility index (Phi) is 7.22. The summed E-state index contributed by atoms with van der Waals surface area (Å²) in [5, 5.41) is 5.18. The summed E-state index contributed by atoms with van der Waals surface area (Å²) >= 11 is 0. The molecular weight excluding hydrogens is 316 g/mol. The molecule has 0 saturated heterocycles. The van der Waals surface area contributed by atoms with Gasteiger partial charge in [-0.3, -0.25) is 9.59 Å². The van der Waals surface area contributed by atoms with Gasteiger partial charge in [0, 0.05) is 13.0 Å². The fraction of sp³-hybridized carbons (Fsp3) is 0.500. The van der Waals surface area contributed by atoms with Gasteiger partial charge in [-0.1, -0.05) is 24.6 Å². The van der Waals surface area contributed by atoms with E-state index in [2.05, 4.69) is 10.6 Å². The summed E-state index contributed by atoms with van der Waals surface area (Å²) in [6, 6.07) is 5.81. The lowest BCUT2D eigenvalue weighted by Crippen LogP contribution is -2.45. The Morgan fingerprint density at radius 3 is 2.35 bits per heavy atom. The fourth-order valence-electron chi connectivity index (χ4n) is 1.87. The summed E-state index contributed by atoms with van der Waals surface area (Å²) in [5.41, 5.74) is 0.966. The number of sulfone groups is 1. The molecule has 0 unspecified atom stereocenters. The number of carbonyl (C=O) groups excluding carboxylic acids is 2. The average Bonchev–Trinajstić information content (AvgIpc) is 2.51. The first-order chi connectivity index (χ1) is 10.8. The molecule has 0 aliphatic heterocycles. The molecule has 0 aliphatic carbocycles. The van der Waals surface area contributed by atoms with Crippen molar-refractivity contribution in [3.63, 3.8) is 0 Å². The van der Waals surface area contributed by atoms with Crippen LogP contribution in [0.25, 0.3) is 0 Å². The maximum absolute atomic E-state index is 12.1. The number of nitrogens with one attached hydrogen (secondary N) is 2. The van der Waals surface area contributed by atoms with E-state index in [0.29, 0.717) is 6.54 Å². The van der Waals surface area contributed by atoms with Crippen LogP contribution in [0.15, 0.2) is 29.2 Å². The molecule has 0 fully saturated rings. The topological polar surface area (TPSA) is 92.3 Å². The lowest BCUT2D eigenvalue weighted by molar-refractivity contribution is -0.128. The molecule has 2 N–H and O–H groups in total. The second kappa shape index (κ2) is 8.67. The predicted octanol–water partition coefficient (Wildman–Crippen LogP) is 1.19. The first-order valence-corrected chi connectivity index (χ1v) is 9.28. The molecule has 0 spiro atoms. The number of amides is 2. The largest absolute Gasteiger partial charge is 0.354 e. The number of aryl methyl sites for hydroxylation is 1. The van der Waals surface area contributed by atoms with E-state index >= 15 is 0 Å². The minimum atomic E-state index is -3.50. The molecule has 0 saturated carbocycles. The SMILES string of the molecule is CCCNC(=O)[C@H](C)NC(=O)CCS(=O)(=O)c1ccc(C)cc1. The fourth-order valence-corrected chi connectivity index (χ4v) is 3.11. The second-order valence-electron chi connectivity index (χ2n) is 5.46. The van der Waals surface area contributed by atoms with Crippen molar-refractivity contribution in [3.05, 3.63) is 29.8 Å². The van der Waals surface area contributed by atoms with E-state index in [9.17, 15) is 18.0 Å². The smallest absolute Gasteiger partial charge is 0.242 e. The van der Waals surface area contributed by atoms with Crippen LogP contribution in [0.4, 0.5) is 0 Å². The van der Waals surface area contributed by atoms with Crippen molar-refractivity contribution in [1.29, 1.82) is 0 Å². The van der Waals surface area contributed by atoms with Crippen LogP contribution in [-0.2, 0) is 19.4 Å². The van der Waals surface area contributed by atoms with Gasteiger partial charge in [0.25, 0.3) is 0 Å². The van der Waals surface area contributed by atoms with Gasteiger partial charge in [-0.25, -0.2) is 8.42 Å². The Bertz CT molecular complexity index is 639. The van der Waals surface area contributed by atoms with Crippen LogP contribution >= 0.6 is 0 Å². The minimum Gasteiger partial charge on any atom is -0.354 e. The van der Waals surface area contributed by atoms with Gasteiger partial charge in [0.15, 0.2) is 9.84 Å². The molecule has 7 heteroatoms. The lowest BCUT2D eigenvalue weighted by atomic mass is 10.2. The van der Waals surface area contributed by atoms with E-state index in [4.69, 9.17) is 0 Å². The van der Waals surface area contributed by atoms with E-state index in [-0.39, 0.29) is 23.0 Å². The highest BCUT2D eigenvalue weighted by molar-refractivity contribution is 7.91. The van der Waals surface area contributed by atoms with Gasteiger partial charge in [0.2, 0.25) is 11.8 Å². The monoisotopic (exact) mass is 340 g/mol. The number of hydrogen-bond donors (Lipinski definition) is 2. The molecule has 0 aliphatic rings. The van der Waals surface area contributed by atoms with Crippen LogP contribution in [-0.4, -0.2) is 38.6 Å². The van der Waals surface area contributed by atoms with Crippen LogP contribution in [0.3, 0.4) is 0 Å². The summed E-state index contributed by atoms with van der Waals surface area (Å²) in [4.78, 5) is 23.7. The number of rotatable bonds is 8. The van der Waals surface area contributed by atoms with Crippen molar-refractivity contribution in [2.75, 3.05) is 12.3 Å². The molecule has 0 radical (unpaired) electrons. The van der Waals surface area contributed by atoms with E-state index in [0.717, 1.165) is 12.0 Å². The Morgan fingerprint density at radius 2 is 1.78 bits per heavy atom. The van der Waals surface area contributed by atoms with Crippen molar-refractivity contribution in [1.82, 2.24) is 10.6 Å². The summed E-state index contributed by atoms with van der Waals surface area (Å²) in [5.74, 6) is -1.02. The molecule has 1 atom stereocenters. The van der Waals surface area contributed by atoms with E-state index in [1.807, 2.05) is 13.8 Å². The number of hydrogen-bond acceptors (Lipinski definition) is 4. The van der Waals surface area contributed by atoms with Gasteiger partial charge in [-0.05, 0) is 32.4 Å². The average molecular weight is 340 g/mol. The van der Waals surface area contributed by atoms with Gasteiger partial charge in [-0.2, -0.15) is 0 Å². The Hall–Kier alpha value is -1.89. The van der Waals surface area contributed by atoms with E-state index in [1.165, 1.54) is 12.1 Å². The molecule has 1 rings (SSSR count). The molecule has 0 aromatic heterocycles. The first kappa shape index (κ1) is 19.2. The molecule has 0 heterocycles. The first-order valence-electron chi connectivity index (χ1n) is 7.62. The van der Waals surface area contributed by atoms with Crippen LogP contribution in [0.2, 0.25) is 0 Å². The van der Waals surface area contributed by atoms with Crippen LogP contribution in [0.5, 0.6) is 0 Å². The lowest BCUT2D eigenvalue weighted by Gasteiger charge is -2.13. The van der Waals surface area contributed by atoms with Gasteiger partial charge in [0.05, 0.1) is 10.6 Å². The minimum absolute atomic E-state index is 0.179. The number of carbonyl (C=O) groups is 2. The summed E-state index contributed by atoms with van der Waals surface area (Å²) in [7, 11) is -3.50. The maximum Gasteiger partial charge on any atom is 0.242 e. The van der Waals surface area contributed by atoms with Crippen LogP contribution in [0, 0.1) is 6.92 Å². The van der Waals surface area contributed by atoms with Gasteiger partial charge >= 0.3 is 0 Å². The molecule has 1 aromatic rings. The van der Waals surface area contributed by atoms with Gasteiger partial charge in [-0.15, -0.1) is 0 Å². The standard InChI is InChI=1S/C16H24N2O4S/c1-4-10-17-16(20)13(3)18-15(19)9-11-23(21,22)14-7-5-12(2)6-8-14/h5-8,13H,4,9-11H2,1-3H3,(H,17,20)(H,18,19)/t13-/m0/s1. The Morgan fingerprint density at radius 1 is 1.17 bits per heavy atom. The summed E-state index contributed by atoms with van der Waals surface area (Å²) in [6.07, 6.45) is 0.628. The molecule has 6 nitrogen and oxygen atoms in total. The third-order valence-electron chi connectivity index (χ3n) is 3.30. The van der Waals surface area contributed by atoms with E-state index < -0.39 is 21.8 Å². The molecular formula is C16H24N2O4S. The van der Waals surface area contributed by atoms with Crippen LogP contribution < -0.4 is 10.6 Å². The highest BCUT2D eigenvalue weighted by Gasteiger charge is 2.19. The zero-order valence-electron chi connectivity index (χ0n) is 13.8. The normalized spacial score (nSPS) is 12.5. The van der Waals surface area contributed by atoms with Crippen LogP contribution in [0.1, 0.15) is 32.3 Å². The van der Waals surface area contributed by atoms with Crippen molar-refractivity contribution in [2.45, 2.75) is 44.6 Å². The summed E-state index contributed by atoms with van der Waals surface area (Å²) in [6.45, 7) is 5.91. The van der Waals surface area contributed by atoms with E-state index in [1.54, 1.807) is 19.1 Å². The zero-order chi connectivity index (χ0) is 17.5. The van der Waals surface area contributed by atoms with Crippen molar-refractivity contribution < 1.29 is 18.0 Å². The highest BCUT2D eigenvalue weighted by atomic mass is 32.2. The molecule has 1 aromatic carbocycles. The predicted molar refractivity (Wildman–Crippen MR) is 88.8 cm³/mol. The van der Waals surface area contributed by atoms with Gasteiger partial charge < -0.3 is 10.6 Å². The molecule has 0 bridgehead atoms. The Balaban J connectivity index is 2.52. The number of benzene rings is 1. The third-order valence-corrected chi connectivity index (χ3v) is 5.03.